The predicted octanol–water partition coefficient (Wildman–Crippen LogP) is 4.96. The number of fused-ring (bicyclic) bond motifs is 1. The first-order chi connectivity index (χ1) is 9.81. The van der Waals surface area contributed by atoms with Crippen molar-refractivity contribution in [2.75, 3.05) is 0 Å². The molecule has 2 nitrogen and oxygen atoms in total. The third-order valence-electron chi connectivity index (χ3n) is 3.42. The van der Waals surface area contributed by atoms with Crippen LogP contribution in [0.4, 0.5) is 0 Å². The average Bonchev–Trinajstić information content (AvgIpc) is 2.90. The van der Waals surface area contributed by atoms with Crippen LogP contribution >= 0.6 is 0 Å². The molecule has 2 rings (SSSR count). The molecule has 0 amide bonds. The van der Waals surface area contributed by atoms with Gasteiger partial charge in [0.25, 0.3) is 0 Å². The number of rotatable bonds is 8. The summed E-state index contributed by atoms with van der Waals surface area (Å²) in [5, 5.41) is 0. The molecule has 1 aliphatic rings. The Labute approximate surface area is 122 Å². The molecule has 0 unspecified atom stereocenters. The second kappa shape index (κ2) is 7.83. The van der Waals surface area contributed by atoms with Gasteiger partial charge in [-0.1, -0.05) is 44.1 Å². The summed E-state index contributed by atoms with van der Waals surface area (Å²) in [5.74, 6) is 1.63. The number of hydrogen-bond donors (Lipinski definition) is 0. The van der Waals surface area contributed by atoms with Crippen molar-refractivity contribution in [3.63, 3.8) is 0 Å². The normalized spacial score (nSPS) is 13.2. The maximum Gasteiger partial charge on any atom is 0.627 e. The molecular weight excluding hydrogens is 247 g/mol. The third-order valence-corrected chi connectivity index (χ3v) is 3.42. The summed E-state index contributed by atoms with van der Waals surface area (Å²) in [6, 6.07) is 7.76. The van der Waals surface area contributed by atoms with Crippen LogP contribution in [0.25, 0.3) is 0 Å². The lowest BCUT2D eigenvalue weighted by atomic mass is 9.77. The molecule has 0 aliphatic carbocycles. The molecule has 1 aromatic rings. The van der Waals surface area contributed by atoms with Gasteiger partial charge < -0.3 is 9.31 Å². The van der Waals surface area contributed by atoms with E-state index in [4.69, 9.17) is 9.31 Å². The molecule has 0 atom stereocenters. The molecule has 0 fully saturated rings. The Balaban J connectivity index is 1.67. The minimum absolute atomic E-state index is 0.319. The molecule has 0 radical (unpaired) electrons. The van der Waals surface area contributed by atoms with E-state index in [1.54, 1.807) is 0 Å². The van der Waals surface area contributed by atoms with Crippen molar-refractivity contribution >= 4 is 7.12 Å². The zero-order valence-corrected chi connectivity index (χ0v) is 12.3. The molecule has 0 bridgehead atoms. The van der Waals surface area contributed by atoms with Crippen molar-refractivity contribution in [3.8, 4) is 11.5 Å². The van der Waals surface area contributed by atoms with Gasteiger partial charge in [0.2, 0.25) is 0 Å². The van der Waals surface area contributed by atoms with Crippen LogP contribution in [0.3, 0.4) is 0 Å². The summed E-state index contributed by atoms with van der Waals surface area (Å²) in [6.07, 6.45) is 11.5. The molecule has 0 saturated heterocycles. The summed E-state index contributed by atoms with van der Waals surface area (Å²) in [5.41, 5.74) is 0.999. The van der Waals surface area contributed by atoms with E-state index in [2.05, 4.69) is 25.7 Å². The zero-order chi connectivity index (χ0) is 14.2. The van der Waals surface area contributed by atoms with Crippen LogP contribution in [-0.4, -0.2) is 7.12 Å². The molecule has 20 heavy (non-hydrogen) atoms. The highest BCUT2D eigenvalue weighted by molar-refractivity contribution is 6.56. The van der Waals surface area contributed by atoms with Crippen LogP contribution in [0.1, 0.15) is 45.4 Å². The standard InChI is InChI=1S/C17H23BO2/c1-3-4-5-6-7-8-9-12-15(2)18-19-16-13-10-11-14-17(16)20-18/h7-8,10-11,13-14H,2-6,9,12H2,1H3/b8-7+. The largest absolute Gasteiger partial charge is 0.627 e. The van der Waals surface area contributed by atoms with Crippen molar-refractivity contribution in [1.82, 2.24) is 0 Å². The zero-order valence-electron chi connectivity index (χ0n) is 12.3. The van der Waals surface area contributed by atoms with E-state index in [9.17, 15) is 0 Å². The van der Waals surface area contributed by atoms with Crippen molar-refractivity contribution in [3.05, 3.63) is 48.5 Å². The Morgan fingerprint density at radius 3 is 2.40 bits per heavy atom. The first-order valence-electron chi connectivity index (χ1n) is 7.56. The van der Waals surface area contributed by atoms with Crippen molar-refractivity contribution < 1.29 is 9.31 Å². The monoisotopic (exact) mass is 270 g/mol. The van der Waals surface area contributed by atoms with Crippen molar-refractivity contribution in [2.45, 2.75) is 45.4 Å². The lowest BCUT2D eigenvalue weighted by Gasteiger charge is -2.06. The highest BCUT2D eigenvalue weighted by Crippen LogP contribution is 2.34. The Bertz CT molecular complexity index is 443. The van der Waals surface area contributed by atoms with E-state index in [1.165, 1.54) is 25.7 Å². The fourth-order valence-electron chi connectivity index (χ4n) is 2.20. The van der Waals surface area contributed by atoms with Gasteiger partial charge in [0.15, 0.2) is 0 Å². The molecule has 1 heterocycles. The number of allylic oxidation sites excluding steroid dienone is 3. The summed E-state index contributed by atoms with van der Waals surface area (Å²) in [7, 11) is -0.319. The van der Waals surface area contributed by atoms with Gasteiger partial charge in [0.05, 0.1) is 0 Å². The lowest BCUT2D eigenvalue weighted by Crippen LogP contribution is -2.27. The molecule has 3 heteroatoms. The molecule has 0 saturated carbocycles. The number of para-hydroxylation sites is 2. The summed E-state index contributed by atoms with van der Waals surface area (Å²) < 4.78 is 11.5. The van der Waals surface area contributed by atoms with E-state index < -0.39 is 0 Å². The second-order valence-electron chi connectivity index (χ2n) is 5.18. The molecule has 1 aliphatic heterocycles. The van der Waals surface area contributed by atoms with E-state index in [1.807, 2.05) is 24.3 Å². The smallest absolute Gasteiger partial charge is 0.519 e. The second-order valence-corrected chi connectivity index (χ2v) is 5.18. The fourth-order valence-corrected chi connectivity index (χ4v) is 2.20. The summed E-state index contributed by atoms with van der Waals surface area (Å²) in [6.45, 7) is 6.31. The third kappa shape index (κ3) is 4.19. The minimum Gasteiger partial charge on any atom is -0.519 e. The number of hydrogen-bond acceptors (Lipinski definition) is 2. The van der Waals surface area contributed by atoms with Crippen LogP contribution < -0.4 is 9.31 Å². The Kier molecular flexibility index (Phi) is 5.78. The molecule has 0 spiro atoms. The Morgan fingerprint density at radius 1 is 1.10 bits per heavy atom. The van der Waals surface area contributed by atoms with Crippen molar-refractivity contribution in [2.24, 2.45) is 0 Å². The van der Waals surface area contributed by atoms with Gasteiger partial charge in [0.1, 0.15) is 11.5 Å². The van der Waals surface area contributed by atoms with Crippen LogP contribution in [0.15, 0.2) is 48.5 Å². The van der Waals surface area contributed by atoms with Gasteiger partial charge in [-0.2, -0.15) is 0 Å². The van der Waals surface area contributed by atoms with Gasteiger partial charge in [0, 0.05) is 0 Å². The van der Waals surface area contributed by atoms with E-state index in [0.29, 0.717) is 0 Å². The van der Waals surface area contributed by atoms with E-state index >= 15 is 0 Å². The Hall–Kier alpha value is -1.64. The number of benzene rings is 1. The molecule has 106 valence electrons. The van der Waals surface area contributed by atoms with Crippen LogP contribution in [-0.2, 0) is 0 Å². The van der Waals surface area contributed by atoms with E-state index in [0.717, 1.165) is 29.8 Å². The van der Waals surface area contributed by atoms with Crippen LogP contribution in [0, 0.1) is 0 Å². The molecule has 0 aromatic heterocycles. The van der Waals surface area contributed by atoms with Gasteiger partial charge in [-0.15, -0.1) is 6.58 Å². The molecular formula is C17H23BO2. The van der Waals surface area contributed by atoms with E-state index in [-0.39, 0.29) is 7.12 Å². The van der Waals surface area contributed by atoms with Gasteiger partial charge in [-0.3, -0.25) is 0 Å². The summed E-state index contributed by atoms with van der Waals surface area (Å²) >= 11 is 0. The summed E-state index contributed by atoms with van der Waals surface area (Å²) in [4.78, 5) is 0. The highest BCUT2D eigenvalue weighted by Gasteiger charge is 2.33. The SMILES string of the molecule is C=C(CC/C=C/CCCCC)B1Oc2ccccc2O1. The van der Waals surface area contributed by atoms with Crippen LogP contribution in [0.2, 0.25) is 0 Å². The van der Waals surface area contributed by atoms with Crippen LogP contribution in [0.5, 0.6) is 11.5 Å². The topological polar surface area (TPSA) is 18.5 Å². The molecule has 1 aromatic carbocycles. The van der Waals surface area contributed by atoms with Gasteiger partial charge in [-0.25, -0.2) is 0 Å². The highest BCUT2D eigenvalue weighted by atomic mass is 16.6. The lowest BCUT2D eigenvalue weighted by molar-refractivity contribution is 0.508. The average molecular weight is 270 g/mol. The van der Waals surface area contributed by atoms with Gasteiger partial charge in [-0.05, 0) is 43.3 Å². The predicted molar refractivity (Wildman–Crippen MR) is 85.1 cm³/mol. The van der Waals surface area contributed by atoms with Gasteiger partial charge >= 0.3 is 7.12 Å². The Morgan fingerprint density at radius 2 is 1.75 bits per heavy atom. The maximum atomic E-state index is 5.73. The first-order valence-corrected chi connectivity index (χ1v) is 7.56. The minimum atomic E-state index is -0.319. The van der Waals surface area contributed by atoms with Crippen molar-refractivity contribution in [1.29, 1.82) is 0 Å². The quantitative estimate of drug-likeness (QED) is 0.377. The molecule has 0 N–H and O–H groups in total. The maximum absolute atomic E-state index is 5.73. The fraction of sp³-hybridized carbons (Fsp3) is 0.412. The first kappa shape index (κ1) is 14.8. The number of unbranched alkanes of at least 4 members (excludes halogenated alkanes) is 3.